The Bertz CT molecular complexity index is 646. The van der Waals surface area contributed by atoms with Crippen molar-refractivity contribution >= 4 is 27.6 Å². The van der Waals surface area contributed by atoms with Crippen molar-refractivity contribution in [2.24, 2.45) is 5.92 Å². The summed E-state index contributed by atoms with van der Waals surface area (Å²) in [5, 5.41) is 9.47. The molecule has 1 aromatic carbocycles. The number of rotatable bonds is 5. The van der Waals surface area contributed by atoms with Gasteiger partial charge in [-0.25, -0.2) is 13.1 Å². The van der Waals surface area contributed by atoms with E-state index in [2.05, 4.69) is 4.72 Å². The highest BCUT2D eigenvalue weighted by Gasteiger charge is 2.36. The number of benzene rings is 1. The Hall–Kier alpha value is -1.31. The van der Waals surface area contributed by atoms with Gasteiger partial charge in [0, 0.05) is 17.1 Å². The molecule has 0 heterocycles. The Kier molecular flexibility index (Phi) is 4.75. The fourth-order valence-corrected chi connectivity index (χ4v) is 4.15. The number of hydrogen-bond acceptors (Lipinski definition) is 4. The van der Waals surface area contributed by atoms with Crippen LogP contribution >= 0.6 is 11.6 Å². The smallest absolute Gasteiger partial charge is 0.308 e. The van der Waals surface area contributed by atoms with Gasteiger partial charge in [-0.2, -0.15) is 0 Å². The Morgan fingerprint density at radius 1 is 1.43 bits per heavy atom. The van der Waals surface area contributed by atoms with E-state index in [1.54, 1.807) is 0 Å². The summed E-state index contributed by atoms with van der Waals surface area (Å²) in [5.74, 6) is -1.55. The number of carbonyl (C=O) groups is 1. The molecule has 0 saturated heterocycles. The summed E-state index contributed by atoms with van der Waals surface area (Å²) in [6.07, 6.45) is 1.66. The van der Waals surface area contributed by atoms with E-state index in [0.717, 1.165) is 0 Å². The van der Waals surface area contributed by atoms with Crippen LogP contribution in [-0.2, 0) is 14.8 Å². The predicted octanol–water partition coefficient (Wildman–Crippen LogP) is 1.88. The summed E-state index contributed by atoms with van der Waals surface area (Å²) in [7, 11) is -2.52. The first kappa shape index (κ1) is 16.1. The minimum absolute atomic E-state index is 0.0505. The van der Waals surface area contributed by atoms with Gasteiger partial charge in [-0.1, -0.05) is 18.0 Å². The van der Waals surface area contributed by atoms with Crippen molar-refractivity contribution in [2.75, 3.05) is 7.11 Å². The summed E-state index contributed by atoms with van der Waals surface area (Å²) < 4.78 is 32.3. The van der Waals surface area contributed by atoms with Crippen molar-refractivity contribution in [2.45, 2.75) is 30.2 Å². The Morgan fingerprint density at radius 2 is 2.14 bits per heavy atom. The van der Waals surface area contributed by atoms with Crippen LogP contribution in [0, 0.1) is 5.92 Å². The molecule has 0 spiro atoms. The molecule has 1 fully saturated rings. The molecule has 1 aliphatic rings. The maximum absolute atomic E-state index is 12.4. The molecule has 1 aliphatic carbocycles. The van der Waals surface area contributed by atoms with Crippen molar-refractivity contribution < 1.29 is 23.1 Å². The average Bonchev–Trinajstić information content (AvgIpc) is 2.85. The molecule has 2 N–H and O–H groups in total. The van der Waals surface area contributed by atoms with Crippen molar-refractivity contribution in [1.29, 1.82) is 0 Å². The van der Waals surface area contributed by atoms with Gasteiger partial charge in [0.05, 0.1) is 13.0 Å². The quantitative estimate of drug-likeness (QED) is 0.858. The first-order chi connectivity index (χ1) is 9.85. The second kappa shape index (κ2) is 6.21. The standard InChI is InChI=1S/C13H16ClNO5S/c1-20-11-7-8(14)5-6-12(11)21(18,19)15-10-4-2-3-9(10)13(16)17/h5-7,9-10,15H,2-4H2,1H3,(H,16,17). The highest BCUT2D eigenvalue weighted by Crippen LogP contribution is 2.30. The predicted molar refractivity (Wildman–Crippen MR) is 77.1 cm³/mol. The van der Waals surface area contributed by atoms with Crippen molar-refractivity contribution in [1.82, 2.24) is 4.72 Å². The Morgan fingerprint density at radius 3 is 2.76 bits per heavy atom. The van der Waals surface area contributed by atoms with Crippen LogP contribution in [-0.4, -0.2) is 32.6 Å². The van der Waals surface area contributed by atoms with Crippen LogP contribution in [0.25, 0.3) is 0 Å². The van der Waals surface area contributed by atoms with E-state index < -0.39 is 28.0 Å². The molecule has 1 aromatic rings. The number of nitrogens with one attached hydrogen (secondary N) is 1. The zero-order valence-electron chi connectivity index (χ0n) is 11.4. The minimum Gasteiger partial charge on any atom is -0.495 e. The number of methoxy groups -OCH3 is 1. The summed E-state index contributed by atoms with van der Waals surface area (Å²) in [6.45, 7) is 0. The second-order valence-corrected chi connectivity index (χ2v) is 7.02. The molecule has 2 atom stereocenters. The molecule has 8 heteroatoms. The molecule has 0 amide bonds. The van der Waals surface area contributed by atoms with Crippen LogP contribution in [0.1, 0.15) is 19.3 Å². The summed E-state index contributed by atoms with van der Waals surface area (Å²) in [6, 6.07) is 3.59. The van der Waals surface area contributed by atoms with Gasteiger partial charge in [0.1, 0.15) is 10.6 Å². The number of sulfonamides is 1. The molecule has 116 valence electrons. The molecule has 6 nitrogen and oxygen atoms in total. The second-order valence-electron chi connectivity index (χ2n) is 4.90. The van der Waals surface area contributed by atoms with Gasteiger partial charge in [-0.3, -0.25) is 4.79 Å². The van der Waals surface area contributed by atoms with Crippen molar-refractivity contribution in [3.8, 4) is 5.75 Å². The first-order valence-electron chi connectivity index (χ1n) is 6.44. The lowest BCUT2D eigenvalue weighted by atomic mass is 10.1. The normalized spacial score (nSPS) is 22.2. The van der Waals surface area contributed by atoms with Crippen LogP contribution < -0.4 is 9.46 Å². The van der Waals surface area contributed by atoms with E-state index in [4.69, 9.17) is 21.4 Å². The number of ether oxygens (including phenoxy) is 1. The minimum atomic E-state index is -3.87. The number of carboxylic acid groups (broad SMARTS) is 1. The average molecular weight is 334 g/mol. The fourth-order valence-electron chi connectivity index (χ4n) is 2.52. The zero-order chi connectivity index (χ0) is 15.6. The molecular formula is C13H16ClNO5S. The van der Waals surface area contributed by atoms with Crippen LogP contribution in [0.2, 0.25) is 5.02 Å². The van der Waals surface area contributed by atoms with Crippen LogP contribution in [0.15, 0.2) is 23.1 Å². The van der Waals surface area contributed by atoms with Gasteiger partial charge >= 0.3 is 5.97 Å². The van der Waals surface area contributed by atoms with E-state index in [0.29, 0.717) is 24.3 Å². The molecule has 2 unspecified atom stereocenters. The fraction of sp³-hybridized carbons (Fsp3) is 0.462. The number of hydrogen-bond donors (Lipinski definition) is 2. The van der Waals surface area contributed by atoms with Gasteiger partial charge in [-0.15, -0.1) is 0 Å². The summed E-state index contributed by atoms with van der Waals surface area (Å²) >= 11 is 5.81. The van der Waals surface area contributed by atoms with Crippen LogP contribution in [0.5, 0.6) is 5.75 Å². The van der Waals surface area contributed by atoms with E-state index in [-0.39, 0.29) is 10.6 Å². The molecule has 0 radical (unpaired) electrons. The first-order valence-corrected chi connectivity index (χ1v) is 8.30. The zero-order valence-corrected chi connectivity index (χ0v) is 12.9. The van der Waals surface area contributed by atoms with Crippen LogP contribution in [0.4, 0.5) is 0 Å². The van der Waals surface area contributed by atoms with E-state index >= 15 is 0 Å². The molecule has 21 heavy (non-hydrogen) atoms. The SMILES string of the molecule is COc1cc(Cl)ccc1S(=O)(=O)NC1CCCC1C(=O)O. The Balaban J connectivity index is 2.28. The van der Waals surface area contributed by atoms with Gasteiger partial charge in [0.2, 0.25) is 10.0 Å². The van der Waals surface area contributed by atoms with E-state index in [9.17, 15) is 13.2 Å². The third-order valence-electron chi connectivity index (χ3n) is 3.55. The molecular weight excluding hydrogens is 318 g/mol. The number of carboxylic acids is 1. The maximum Gasteiger partial charge on any atom is 0.308 e. The molecule has 0 aromatic heterocycles. The van der Waals surface area contributed by atoms with Gasteiger partial charge in [0.25, 0.3) is 0 Å². The topological polar surface area (TPSA) is 92.7 Å². The lowest BCUT2D eigenvalue weighted by Gasteiger charge is -2.18. The van der Waals surface area contributed by atoms with E-state index in [1.807, 2.05) is 0 Å². The van der Waals surface area contributed by atoms with Gasteiger partial charge < -0.3 is 9.84 Å². The summed E-state index contributed by atoms with van der Waals surface area (Å²) in [4.78, 5) is 11.1. The van der Waals surface area contributed by atoms with Gasteiger partial charge in [-0.05, 0) is 25.0 Å². The number of aliphatic carboxylic acids is 1. The Labute approximate surface area is 128 Å². The largest absolute Gasteiger partial charge is 0.495 e. The highest BCUT2D eigenvalue weighted by atomic mass is 35.5. The molecule has 2 rings (SSSR count). The molecule has 0 bridgehead atoms. The van der Waals surface area contributed by atoms with E-state index in [1.165, 1.54) is 25.3 Å². The maximum atomic E-state index is 12.4. The lowest BCUT2D eigenvalue weighted by Crippen LogP contribution is -2.40. The molecule has 0 aliphatic heterocycles. The van der Waals surface area contributed by atoms with Crippen molar-refractivity contribution in [3.63, 3.8) is 0 Å². The van der Waals surface area contributed by atoms with Crippen LogP contribution in [0.3, 0.4) is 0 Å². The lowest BCUT2D eigenvalue weighted by molar-refractivity contribution is -0.141. The highest BCUT2D eigenvalue weighted by molar-refractivity contribution is 7.89. The number of halogens is 1. The van der Waals surface area contributed by atoms with Crippen molar-refractivity contribution in [3.05, 3.63) is 23.2 Å². The third kappa shape index (κ3) is 3.48. The summed E-state index contributed by atoms with van der Waals surface area (Å²) in [5.41, 5.74) is 0. The van der Waals surface area contributed by atoms with Gasteiger partial charge in [0.15, 0.2) is 0 Å². The third-order valence-corrected chi connectivity index (χ3v) is 5.32. The monoisotopic (exact) mass is 333 g/mol. The molecule has 1 saturated carbocycles.